The van der Waals surface area contributed by atoms with Gasteiger partial charge in [-0.1, -0.05) is 74.2 Å². The quantitative estimate of drug-likeness (QED) is 0.142. The number of aromatic nitrogens is 12. The number of aryl methyl sites for hydroxylation is 7. The van der Waals surface area contributed by atoms with Crippen LogP contribution in [-0.2, 0) is 47.5 Å². The highest BCUT2D eigenvalue weighted by atomic mass is 15.2. The predicted molar refractivity (Wildman–Crippen MR) is 271 cm³/mol. The van der Waals surface area contributed by atoms with Gasteiger partial charge in [-0.15, -0.1) is 0 Å². The van der Waals surface area contributed by atoms with Crippen LogP contribution in [0.1, 0.15) is 64.4 Å². The molecule has 12 heteroatoms. The van der Waals surface area contributed by atoms with Crippen molar-refractivity contribution in [3.05, 3.63) is 228 Å². The van der Waals surface area contributed by atoms with E-state index in [1.54, 1.807) is 0 Å². The Balaban J connectivity index is 0.0000000999. The van der Waals surface area contributed by atoms with Gasteiger partial charge < -0.3 is 4.57 Å². The number of para-hydroxylation sites is 3. The summed E-state index contributed by atoms with van der Waals surface area (Å²) in [6.07, 6.45) is 24.3. The summed E-state index contributed by atoms with van der Waals surface area (Å²) in [6.45, 7) is 8.46. The van der Waals surface area contributed by atoms with Gasteiger partial charge in [-0.3, -0.25) is 4.40 Å². The second-order valence-corrected chi connectivity index (χ2v) is 18.2. The van der Waals surface area contributed by atoms with Crippen LogP contribution in [0.25, 0.3) is 39.5 Å². The van der Waals surface area contributed by atoms with Crippen LogP contribution < -0.4 is 18.1 Å². The van der Waals surface area contributed by atoms with Crippen molar-refractivity contribution >= 4 is 22.5 Å². The van der Waals surface area contributed by atoms with Crippen LogP contribution in [0, 0.1) is 27.7 Å². The Morgan fingerprint density at radius 1 is 0.609 bits per heavy atom. The lowest BCUT2D eigenvalue weighted by molar-refractivity contribution is -0.677. The molecule has 69 heavy (non-hydrogen) atoms. The van der Waals surface area contributed by atoms with E-state index in [2.05, 4.69) is 269 Å². The van der Waals surface area contributed by atoms with Crippen molar-refractivity contribution in [3.8, 4) is 17.1 Å². The average Bonchev–Trinajstić information content (AvgIpc) is 4.25. The Bertz CT molecular complexity index is 3830. The fourth-order valence-electron chi connectivity index (χ4n) is 10.1. The number of hydrogen-bond donors (Lipinski definition) is 0. The molecule has 0 atom stereocenters. The van der Waals surface area contributed by atoms with E-state index in [1.165, 1.54) is 90.6 Å². The maximum absolute atomic E-state index is 4.30. The van der Waals surface area contributed by atoms with Crippen molar-refractivity contribution in [2.24, 2.45) is 28.2 Å². The molecular formula is C57H62N12+4. The van der Waals surface area contributed by atoms with Crippen LogP contribution in [-0.4, -0.2) is 36.5 Å². The Kier molecular flexibility index (Phi) is 11.5. The van der Waals surface area contributed by atoms with Crippen molar-refractivity contribution in [1.82, 2.24) is 36.5 Å². The van der Waals surface area contributed by atoms with Gasteiger partial charge in [-0.05, 0) is 61.9 Å². The van der Waals surface area contributed by atoms with E-state index in [4.69, 9.17) is 0 Å². The molecule has 0 N–H and O–H groups in total. The molecular weight excluding hydrogens is 853 g/mol. The minimum Gasteiger partial charge on any atom is -0.300 e. The molecule has 0 amide bonds. The fraction of sp³-hybridized carbons (Fsp3) is 0.211. The molecule has 0 spiro atoms. The van der Waals surface area contributed by atoms with Gasteiger partial charge in [0.25, 0.3) is 17.3 Å². The summed E-state index contributed by atoms with van der Waals surface area (Å²) in [5.74, 6) is 4.88. The molecule has 3 aliphatic heterocycles. The summed E-state index contributed by atoms with van der Waals surface area (Å²) in [5, 5.41) is 0. The summed E-state index contributed by atoms with van der Waals surface area (Å²) in [7, 11) is 8.35. The Hall–Kier alpha value is -8.25. The zero-order chi connectivity index (χ0) is 46.8. The van der Waals surface area contributed by atoms with Gasteiger partial charge in [0.1, 0.15) is 65.1 Å². The first-order valence-electron chi connectivity index (χ1n) is 23.3. The SMILES string of the molecule is C.C[n+]1ccn2c1Cc1ccccc1-2.Cc1c2[n+](cn1C)-c1ccccc1C2.Cc1c[n+]2cc3ccccn3c2n1C.Cc1n2cc3ccccn3c2c[n+]1C.Cc1ncc2n1-c1ccccc1C2. The van der Waals surface area contributed by atoms with Crippen LogP contribution in [0.5, 0.6) is 0 Å². The summed E-state index contributed by atoms with van der Waals surface area (Å²) in [4.78, 5) is 4.30. The summed E-state index contributed by atoms with van der Waals surface area (Å²) in [6, 6.07) is 38.1. The summed E-state index contributed by atoms with van der Waals surface area (Å²) < 4.78 is 24.2. The molecule has 15 rings (SSSR count). The number of pyridine rings is 2. The Morgan fingerprint density at radius 2 is 1.28 bits per heavy atom. The number of rotatable bonds is 0. The molecule has 0 saturated heterocycles. The second-order valence-electron chi connectivity index (χ2n) is 18.2. The lowest BCUT2D eigenvalue weighted by Crippen LogP contribution is -2.30. The minimum atomic E-state index is 0. The zero-order valence-corrected chi connectivity index (χ0v) is 40.2. The van der Waals surface area contributed by atoms with Crippen molar-refractivity contribution in [3.63, 3.8) is 0 Å². The third-order valence-corrected chi connectivity index (χ3v) is 14.1. The van der Waals surface area contributed by atoms with E-state index in [-0.39, 0.29) is 7.43 Å². The lowest BCUT2D eigenvalue weighted by atomic mass is 10.1. The highest BCUT2D eigenvalue weighted by Gasteiger charge is 2.29. The molecule has 0 radical (unpaired) electrons. The lowest BCUT2D eigenvalue weighted by Gasteiger charge is -2.02. The first kappa shape index (κ1) is 44.6. The molecule has 0 saturated carbocycles. The van der Waals surface area contributed by atoms with Gasteiger partial charge in [0.2, 0.25) is 6.33 Å². The van der Waals surface area contributed by atoms with E-state index in [1.807, 2.05) is 13.1 Å². The topological polar surface area (TPSA) is 61.6 Å². The number of benzene rings is 3. The highest BCUT2D eigenvalue weighted by Crippen LogP contribution is 2.29. The van der Waals surface area contributed by atoms with Crippen molar-refractivity contribution in [2.45, 2.75) is 54.4 Å². The molecule has 12 aromatic rings. The molecule has 0 unspecified atom stereocenters. The molecule has 346 valence electrons. The average molecular weight is 915 g/mol. The molecule has 0 fully saturated rings. The third kappa shape index (κ3) is 7.71. The zero-order valence-electron chi connectivity index (χ0n) is 40.2. The van der Waals surface area contributed by atoms with Gasteiger partial charge in [-0.2, -0.15) is 13.5 Å². The molecule has 3 aromatic carbocycles. The van der Waals surface area contributed by atoms with E-state index < -0.39 is 0 Å². The van der Waals surface area contributed by atoms with Gasteiger partial charge in [0.05, 0.1) is 52.0 Å². The summed E-state index contributed by atoms with van der Waals surface area (Å²) in [5.41, 5.74) is 17.2. The Labute approximate surface area is 403 Å². The van der Waals surface area contributed by atoms with E-state index >= 15 is 0 Å². The van der Waals surface area contributed by atoms with Crippen LogP contribution in [0.2, 0.25) is 0 Å². The normalized spacial score (nSPS) is 12.1. The first-order chi connectivity index (χ1) is 33.0. The van der Waals surface area contributed by atoms with E-state index in [9.17, 15) is 0 Å². The van der Waals surface area contributed by atoms with Crippen molar-refractivity contribution in [2.75, 3.05) is 0 Å². The van der Waals surface area contributed by atoms with Crippen LogP contribution in [0.3, 0.4) is 0 Å². The van der Waals surface area contributed by atoms with Crippen LogP contribution >= 0.6 is 0 Å². The molecule has 0 aliphatic carbocycles. The van der Waals surface area contributed by atoms with Crippen LogP contribution in [0.15, 0.2) is 171 Å². The van der Waals surface area contributed by atoms with Gasteiger partial charge >= 0.3 is 5.78 Å². The molecule has 12 nitrogen and oxygen atoms in total. The van der Waals surface area contributed by atoms with Gasteiger partial charge in [-0.25, -0.2) is 32.1 Å². The fourth-order valence-corrected chi connectivity index (χ4v) is 10.1. The maximum atomic E-state index is 4.30. The van der Waals surface area contributed by atoms with Crippen molar-refractivity contribution in [1.29, 1.82) is 0 Å². The first-order valence-corrected chi connectivity index (χ1v) is 23.3. The van der Waals surface area contributed by atoms with Crippen LogP contribution in [0.4, 0.5) is 0 Å². The molecule has 12 heterocycles. The van der Waals surface area contributed by atoms with Crippen molar-refractivity contribution < 1.29 is 18.1 Å². The molecule has 9 aromatic heterocycles. The molecule has 3 aliphatic rings. The molecule has 0 bridgehead atoms. The number of imidazole rings is 7. The smallest absolute Gasteiger partial charge is 0.300 e. The van der Waals surface area contributed by atoms with Gasteiger partial charge in [0, 0.05) is 55.9 Å². The maximum Gasteiger partial charge on any atom is 0.374 e. The van der Waals surface area contributed by atoms with E-state index in [0.717, 1.165) is 25.1 Å². The predicted octanol–water partition coefficient (Wildman–Crippen LogP) is 8.09. The number of hydrogen-bond acceptors (Lipinski definition) is 1. The number of fused-ring (bicyclic) bond motifs is 15. The van der Waals surface area contributed by atoms with Gasteiger partial charge in [0.15, 0.2) is 11.9 Å². The largest absolute Gasteiger partial charge is 0.374 e. The minimum absolute atomic E-state index is 0. The third-order valence-electron chi connectivity index (χ3n) is 14.1. The number of nitrogens with zero attached hydrogens (tertiary/aromatic N) is 12. The Morgan fingerprint density at radius 3 is 2.06 bits per heavy atom. The van der Waals surface area contributed by atoms with E-state index in [0.29, 0.717) is 0 Å². The highest BCUT2D eigenvalue weighted by molar-refractivity contribution is 5.57. The summed E-state index contributed by atoms with van der Waals surface area (Å²) >= 11 is 0. The second kappa shape index (κ2) is 17.8. The monoisotopic (exact) mass is 915 g/mol. The standard InChI is InChI=1S/C12H13N2.2C11H12N3.C11H10N2.C11H11N2.CH4/c1-9-12-7-10-5-3-4-6-11(10)14(12)8-13(9)2;1-9-12(2)8-11-13-6-4-3-5-10(13)7-14(9)11;1-9-7-13-8-10-5-3-4-6-14(10)11(13)12(9)2;1-8-12-7-10-6-9-4-2-3-5-11(9)13(8)10;1-12-6-7-13-10-5-3-2-4-9(10)8-11(12)13;/h3-6,8H,7H2,1-2H3;2*3-8H,1-2H3;2-5,7H,6H2,1H3;2-7H,8H2,1H3;1H4/q3*+1;;+1;.